The molecule has 0 fully saturated rings. The van der Waals surface area contributed by atoms with E-state index in [-0.39, 0.29) is 12.4 Å². The van der Waals surface area contributed by atoms with Gasteiger partial charge in [-0.25, -0.2) is 4.79 Å². The molecule has 0 spiro atoms. The van der Waals surface area contributed by atoms with Gasteiger partial charge in [-0.05, 0) is 38.1 Å². The monoisotopic (exact) mass is 362 g/mol. The lowest BCUT2D eigenvalue weighted by Gasteiger charge is -2.05. The zero-order chi connectivity index (χ0) is 18.6. The maximum atomic E-state index is 12.1. The Labute approximate surface area is 151 Å². The largest absolute Gasteiger partial charge is 0.495 e. The molecule has 0 aliphatic rings. The van der Waals surface area contributed by atoms with Gasteiger partial charge in [-0.1, -0.05) is 11.6 Å². The number of rotatable bonds is 6. The number of ketones is 1. The summed E-state index contributed by atoms with van der Waals surface area (Å²) in [7, 11) is 3.32. The van der Waals surface area contributed by atoms with Gasteiger partial charge in [0.2, 0.25) is 0 Å². The number of Topliss-reactive ketones (excluding diaryl/α,β-unsaturated/α-hetero) is 1. The summed E-state index contributed by atoms with van der Waals surface area (Å²) < 4.78 is 11.7. The van der Waals surface area contributed by atoms with Gasteiger partial charge < -0.3 is 9.47 Å². The third kappa shape index (κ3) is 4.48. The molecule has 2 rings (SSSR count). The van der Waals surface area contributed by atoms with E-state index in [1.54, 1.807) is 22.9 Å². The number of benzene rings is 1. The van der Waals surface area contributed by atoms with Gasteiger partial charge in [-0.2, -0.15) is 5.10 Å². The van der Waals surface area contributed by atoms with Crippen LogP contribution in [0.5, 0.6) is 5.75 Å². The summed E-state index contributed by atoms with van der Waals surface area (Å²) >= 11 is 5.98. The number of aromatic nitrogens is 2. The first-order valence-electron chi connectivity index (χ1n) is 7.55. The highest BCUT2D eigenvalue weighted by Gasteiger charge is 2.12. The lowest BCUT2D eigenvalue weighted by Crippen LogP contribution is -2.12. The maximum Gasteiger partial charge on any atom is 0.331 e. The van der Waals surface area contributed by atoms with Crippen molar-refractivity contribution in [2.24, 2.45) is 7.05 Å². The standard InChI is InChI=1S/C18H19ClN2O4/c1-11-14(12(2)21(3)20-11)6-8-18(23)25-10-16(22)13-5-7-17(24-4)15(19)9-13/h5-9H,10H2,1-4H3/b8-6+. The fourth-order valence-corrected chi connectivity index (χ4v) is 2.55. The van der Waals surface area contributed by atoms with Crippen LogP contribution in [0.15, 0.2) is 24.3 Å². The number of nitrogens with zero attached hydrogens (tertiary/aromatic N) is 2. The third-order valence-corrected chi connectivity index (χ3v) is 4.07. The van der Waals surface area contributed by atoms with Gasteiger partial charge in [0, 0.05) is 29.9 Å². The predicted molar refractivity (Wildman–Crippen MR) is 95.0 cm³/mol. The Hall–Kier alpha value is -2.60. The molecule has 7 heteroatoms. The molecule has 0 atom stereocenters. The van der Waals surface area contributed by atoms with Gasteiger partial charge in [-0.3, -0.25) is 9.48 Å². The summed E-state index contributed by atoms with van der Waals surface area (Å²) in [5, 5.41) is 4.58. The number of ether oxygens (including phenoxy) is 2. The van der Waals surface area contributed by atoms with Crippen molar-refractivity contribution in [2.45, 2.75) is 13.8 Å². The number of carbonyl (C=O) groups excluding carboxylic acids is 2. The minimum Gasteiger partial charge on any atom is -0.495 e. The normalized spacial score (nSPS) is 10.9. The molecule has 0 saturated carbocycles. The van der Waals surface area contributed by atoms with Crippen LogP contribution in [0.3, 0.4) is 0 Å². The smallest absolute Gasteiger partial charge is 0.331 e. The molecule has 0 aliphatic carbocycles. The van der Waals surface area contributed by atoms with Gasteiger partial charge in [0.1, 0.15) is 5.75 Å². The van der Waals surface area contributed by atoms with E-state index in [2.05, 4.69) is 5.10 Å². The van der Waals surface area contributed by atoms with Crippen LogP contribution in [-0.4, -0.2) is 35.2 Å². The second-order valence-corrected chi connectivity index (χ2v) is 5.83. The van der Waals surface area contributed by atoms with Gasteiger partial charge in [0.15, 0.2) is 12.4 Å². The minimum absolute atomic E-state index is 0.321. The van der Waals surface area contributed by atoms with Crippen LogP contribution in [-0.2, 0) is 16.6 Å². The fraction of sp³-hybridized carbons (Fsp3) is 0.278. The van der Waals surface area contributed by atoms with Crippen LogP contribution in [0.4, 0.5) is 0 Å². The van der Waals surface area contributed by atoms with Gasteiger partial charge >= 0.3 is 5.97 Å². The van der Waals surface area contributed by atoms with Gasteiger partial charge in [-0.15, -0.1) is 0 Å². The number of aryl methyl sites for hydroxylation is 2. The Kier molecular flexibility index (Phi) is 5.98. The van der Waals surface area contributed by atoms with Crippen LogP contribution >= 0.6 is 11.6 Å². The van der Waals surface area contributed by atoms with Crippen molar-refractivity contribution in [1.29, 1.82) is 0 Å². The number of halogens is 1. The lowest BCUT2D eigenvalue weighted by molar-refractivity contribution is -0.136. The number of methoxy groups -OCH3 is 1. The Morgan fingerprint density at radius 1 is 1.32 bits per heavy atom. The molecule has 0 saturated heterocycles. The first-order chi connectivity index (χ1) is 11.8. The number of hydrogen-bond donors (Lipinski definition) is 0. The van der Waals surface area contributed by atoms with E-state index in [1.807, 2.05) is 20.9 Å². The quantitative estimate of drug-likeness (QED) is 0.448. The molecule has 132 valence electrons. The van der Waals surface area contributed by atoms with E-state index in [4.69, 9.17) is 21.1 Å². The summed E-state index contributed by atoms with van der Waals surface area (Å²) in [5.41, 5.74) is 2.95. The van der Waals surface area contributed by atoms with E-state index in [0.717, 1.165) is 17.0 Å². The van der Waals surface area contributed by atoms with E-state index < -0.39 is 5.97 Å². The van der Waals surface area contributed by atoms with Crippen LogP contribution in [0.2, 0.25) is 5.02 Å². The van der Waals surface area contributed by atoms with Crippen molar-refractivity contribution in [3.05, 3.63) is 51.8 Å². The van der Waals surface area contributed by atoms with Crippen LogP contribution < -0.4 is 4.74 Å². The molecular weight excluding hydrogens is 344 g/mol. The Morgan fingerprint density at radius 2 is 2.04 bits per heavy atom. The van der Waals surface area contributed by atoms with E-state index in [1.165, 1.54) is 19.3 Å². The molecule has 1 aromatic carbocycles. The highest BCUT2D eigenvalue weighted by atomic mass is 35.5. The predicted octanol–water partition coefficient (Wildman–Crippen LogP) is 3.14. The van der Waals surface area contributed by atoms with Gasteiger partial charge in [0.25, 0.3) is 0 Å². The zero-order valence-electron chi connectivity index (χ0n) is 14.5. The molecule has 2 aromatic rings. The van der Waals surface area contributed by atoms with Crippen molar-refractivity contribution in [1.82, 2.24) is 9.78 Å². The Bertz CT molecular complexity index is 840. The van der Waals surface area contributed by atoms with Crippen molar-refractivity contribution in [3.8, 4) is 5.75 Å². The molecule has 1 aromatic heterocycles. The van der Waals surface area contributed by atoms with E-state index in [0.29, 0.717) is 16.3 Å². The number of hydrogen-bond acceptors (Lipinski definition) is 5. The average Bonchev–Trinajstić information content (AvgIpc) is 2.82. The summed E-state index contributed by atoms with van der Waals surface area (Å²) in [5.74, 6) is -0.476. The number of carbonyl (C=O) groups is 2. The first-order valence-corrected chi connectivity index (χ1v) is 7.93. The minimum atomic E-state index is -0.601. The van der Waals surface area contributed by atoms with Crippen molar-refractivity contribution in [2.75, 3.05) is 13.7 Å². The van der Waals surface area contributed by atoms with E-state index in [9.17, 15) is 9.59 Å². The van der Waals surface area contributed by atoms with Crippen molar-refractivity contribution < 1.29 is 19.1 Å². The highest BCUT2D eigenvalue weighted by molar-refractivity contribution is 6.32. The zero-order valence-corrected chi connectivity index (χ0v) is 15.3. The molecule has 0 radical (unpaired) electrons. The molecule has 6 nitrogen and oxygen atoms in total. The topological polar surface area (TPSA) is 70.4 Å². The van der Waals surface area contributed by atoms with Crippen LogP contribution in [0.1, 0.15) is 27.3 Å². The number of esters is 1. The Balaban J connectivity index is 1.96. The molecule has 0 bridgehead atoms. The molecule has 1 heterocycles. The molecule has 25 heavy (non-hydrogen) atoms. The first kappa shape index (κ1) is 18.7. The molecule has 0 unspecified atom stereocenters. The highest BCUT2D eigenvalue weighted by Crippen LogP contribution is 2.25. The third-order valence-electron chi connectivity index (χ3n) is 3.77. The molecule has 0 amide bonds. The summed E-state index contributed by atoms with van der Waals surface area (Å²) in [4.78, 5) is 23.9. The van der Waals surface area contributed by atoms with Crippen molar-refractivity contribution in [3.63, 3.8) is 0 Å². The summed E-state index contributed by atoms with van der Waals surface area (Å²) in [6, 6.07) is 4.64. The van der Waals surface area contributed by atoms with Crippen molar-refractivity contribution >= 4 is 29.4 Å². The molecule has 0 aliphatic heterocycles. The van der Waals surface area contributed by atoms with Crippen LogP contribution in [0, 0.1) is 13.8 Å². The van der Waals surface area contributed by atoms with E-state index >= 15 is 0 Å². The average molecular weight is 363 g/mol. The lowest BCUT2D eigenvalue weighted by atomic mass is 10.1. The molecular formula is C18H19ClN2O4. The second kappa shape index (κ2) is 7.98. The van der Waals surface area contributed by atoms with Crippen LogP contribution in [0.25, 0.3) is 6.08 Å². The SMILES string of the molecule is COc1ccc(C(=O)COC(=O)/C=C/c2c(C)nn(C)c2C)cc1Cl. The second-order valence-electron chi connectivity index (χ2n) is 5.42. The fourth-order valence-electron chi connectivity index (χ4n) is 2.29. The maximum absolute atomic E-state index is 12.1. The summed E-state index contributed by atoms with van der Waals surface area (Å²) in [6.45, 7) is 3.40. The molecule has 0 N–H and O–H groups in total. The summed E-state index contributed by atoms with van der Waals surface area (Å²) in [6.07, 6.45) is 2.92. The van der Waals surface area contributed by atoms with Gasteiger partial charge in [0.05, 0.1) is 17.8 Å². The Morgan fingerprint density at radius 3 is 2.60 bits per heavy atom.